The molecular formula is C17H16F2O2. The fraction of sp³-hybridized carbons (Fsp3) is 0.235. The highest BCUT2D eigenvalue weighted by molar-refractivity contribution is 5.97. The van der Waals surface area contributed by atoms with Gasteiger partial charge in [-0.05, 0) is 43.7 Å². The lowest BCUT2D eigenvalue weighted by molar-refractivity contribution is 0.0992. The molecule has 0 fully saturated rings. The van der Waals surface area contributed by atoms with Gasteiger partial charge in [-0.25, -0.2) is 8.78 Å². The van der Waals surface area contributed by atoms with Gasteiger partial charge in [0.25, 0.3) is 0 Å². The molecule has 110 valence electrons. The predicted octanol–water partition coefficient (Wildman–Crippen LogP) is 4.18. The van der Waals surface area contributed by atoms with E-state index in [0.29, 0.717) is 16.9 Å². The summed E-state index contributed by atoms with van der Waals surface area (Å²) in [6.07, 6.45) is -0.0486. The quantitative estimate of drug-likeness (QED) is 0.772. The number of carbonyl (C=O) groups excluding carboxylic acids is 1. The second kappa shape index (κ2) is 6.48. The van der Waals surface area contributed by atoms with Crippen LogP contribution in [0.3, 0.4) is 0 Å². The Morgan fingerprint density at radius 3 is 2.38 bits per heavy atom. The first-order chi connectivity index (χ1) is 9.94. The van der Waals surface area contributed by atoms with Gasteiger partial charge in [-0.2, -0.15) is 0 Å². The fourth-order valence-corrected chi connectivity index (χ4v) is 2.02. The van der Waals surface area contributed by atoms with E-state index < -0.39 is 11.6 Å². The molecule has 0 amide bonds. The topological polar surface area (TPSA) is 26.3 Å². The van der Waals surface area contributed by atoms with Gasteiger partial charge in [0.15, 0.2) is 5.78 Å². The molecule has 0 heterocycles. The summed E-state index contributed by atoms with van der Waals surface area (Å²) in [6, 6.07) is 9.88. The molecule has 0 saturated heterocycles. The summed E-state index contributed by atoms with van der Waals surface area (Å²) in [5.74, 6) is -0.986. The smallest absolute Gasteiger partial charge is 0.167 e. The number of benzene rings is 2. The predicted molar refractivity (Wildman–Crippen MR) is 76.6 cm³/mol. The van der Waals surface area contributed by atoms with Gasteiger partial charge < -0.3 is 4.74 Å². The Morgan fingerprint density at radius 1 is 1.10 bits per heavy atom. The highest BCUT2D eigenvalue weighted by Crippen LogP contribution is 2.17. The van der Waals surface area contributed by atoms with Crippen LogP contribution in [0.25, 0.3) is 0 Å². The molecule has 2 rings (SSSR count). The summed E-state index contributed by atoms with van der Waals surface area (Å²) in [5.41, 5.74) is 0.769. The maximum Gasteiger partial charge on any atom is 0.167 e. The van der Waals surface area contributed by atoms with Gasteiger partial charge in [0.1, 0.15) is 17.4 Å². The lowest BCUT2D eigenvalue weighted by atomic mass is 10.0. The molecule has 2 nitrogen and oxygen atoms in total. The molecule has 0 bridgehead atoms. The van der Waals surface area contributed by atoms with Crippen LogP contribution in [0.15, 0.2) is 42.5 Å². The molecule has 0 aliphatic carbocycles. The third-order valence-electron chi connectivity index (χ3n) is 2.81. The number of carbonyl (C=O) groups is 1. The first-order valence-electron chi connectivity index (χ1n) is 6.69. The zero-order valence-corrected chi connectivity index (χ0v) is 11.9. The van der Waals surface area contributed by atoms with E-state index in [1.54, 1.807) is 24.3 Å². The zero-order chi connectivity index (χ0) is 15.4. The van der Waals surface area contributed by atoms with Crippen molar-refractivity contribution in [1.29, 1.82) is 0 Å². The van der Waals surface area contributed by atoms with E-state index in [-0.39, 0.29) is 18.3 Å². The van der Waals surface area contributed by atoms with Crippen LogP contribution in [0.1, 0.15) is 29.8 Å². The Kier molecular flexibility index (Phi) is 4.68. The minimum absolute atomic E-state index is 0.00710. The Hall–Kier alpha value is -2.23. The van der Waals surface area contributed by atoms with Gasteiger partial charge in [0.2, 0.25) is 0 Å². The van der Waals surface area contributed by atoms with Crippen molar-refractivity contribution in [3.8, 4) is 5.75 Å². The van der Waals surface area contributed by atoms with Crippen molar-refractivity contribution in [3.63, 3.8) is 0 Å². The third-order valence-corrected chi connectivity index (χ3v) is 2.81. The molecule has 0 N–H and O–H groups in total. The van der Waals surface area contributed by atoms with Crippen LogP contribution in [-0.4, -0.2) is 11.9 Å². The molecule has 2 aromatic rings. The minimum atomic E-state index is -0.685. The largest absolute Gasteiger partial charge is 0.491 e. The lowest BCUT2D eigenvalue weighted by Crippen LogP contribution is -2.08. The van der Waals surface area contributed by atoms with Crippen LogP contribution >= 0.6 is 0 Å². The second-order valence-electron chi connectivity index (χ2n) is 5.07. The number of ether oxygens (including phenoxy) is 1. The molecule has 4 heteroatoms. The average Bonchev–Trinajstić information content (AvgIpc) is 2.36. The number of rotatable bonds is 5. The Labute approximate surface area is 122 Å². The number of ketones is 1. The molecule has 0 atom stereocenters. The van der Waals surface area contributed by atoms with E-state index in [1.807, 2.05) is 13.8 Å². The van der Waals surface area contributed by atoms with Crippen molar-refractivity contribution in [3.05, 3.63) is 65.2 Å². The van der Waals surface area contributed by atoms with Gasteiger partial charge >= 0.3 is 0 Å². The molecule has 0 saturated carbocycles. The first-order valence-corrected chi connectivity index (χ1v) is 6.69. The minimum Gasteiger partial charge on any atom is -0.491 e. The first kappa shape index (κ1) is 15.2. The summed E-state index contributed by atoms with van der Waals surface area (Å²) in [7, 11) is 0. The second-order valence-corrected chi connectivity index (χ2v) is 5.07. The molecular weight excluding hydrogens is 274 g/mol. The lowest BCUT2D eigenvalue weighted by Gasteiger charge is -2.10. The maximum atomic E-state index is 13.1. The molecule has 0 radical (unpaired) electrons. The van der Waals surface area contributed by atoms with Gasteiger partial charge in [0, 0.05) is 18.1 Å². The average molecular weight is 290 g/mol. The normalized spacial score (nSPS) is 10.7. The monoisotopic (exact) mass is 290 g/mol. The summed E-state index contributed by atoms with van der Waals surface area (Å²) in [6.45, 7) is 3.79. The SMILES string of the molecule is CC(C)Oc1cccc(C(=O)Cc2cc(F)cc(F)c2)c1. The molecule has 0 aliphatic heterocycles. The number of hydrogen-bond donors (Lipinski definition) is 0. The van der Waals surface area contributed by atoms with Crippen molar-refractivity contribution in [2.75, 3.05) is 0 Å². The summed E-state index contributed by atoms with van der Waals surface area (Å²) in [5, 5.41) is 0. The Balaban J connectivity index is 2.16. The Bertz CT molecular complexity index is 631. The number of Topliss-reactive ketones (excluding diaryl/α,β-unsaturated/α-hetero) is 1. The number of halogens is 2. The molecule has 21 heavy (non-hydrogen) atoms. The zero-order valence-electron chi connectivity index (χ0n) is 11.9. The molecule has 0 unspecified atom stereocenters. The highest BCUT2D eigenvalue weighted by atomic mass is 19.1. The third kappa shape index (κ3) is 4.38. The Morgan fingerprint density at radius 2 is 1.76 bits per heavy atom. The molecule has 0 spiro atoms. The van der Waals surface area contributed by atoms with Gasteiger partial charge in [-0.15, -0.1) is 0 Å². The maximum absolute atomic E-state index is 13.1. The van der Waals surface area contributed by atoms with E-state index in [2.05, 4.69) is 0 Å². The standard InChI is InChI=1S/C17H16F2O2/c1-11(2)21-16-5-3-4-13(9-16)17(20)8-12-6-14(18)10-15(19)7-12/h3-7,9-11H,8H2,1-2H3. The summed E-state index contributed by atoms with van der Waals surface area (Å²) < 4.78 is 31.8. The van der Waals surface area contributed by atoms with Gasteiger partial charge in [-0.3, -0.25) is 4.79 Å². The van der Waals surface area contributed by atoms with E-state index in [1.165, 1.54) is 0 Å². The van der Waals surface area contributed by atoms with Crippen LogP contribution < -0.4 is 4.74 Å². The van der Waals surface area contributed by atoms with Crippen LogP contribution in [-0.2, 0) is 6.42 Å². The van der Waals surface area contributed by atoms with Crippen molar-refractivity contribution >= 4 is 5.78 Å². The summed E-state index contributed by atoms with van der Waals surface area (Å²) in [4.78, 5) is 12.2. The number of hydrogen-bond acceptors (Lipinski definition) is 2. The fourth-order valence-electron chi connectivity index (χ4n) is 2.02. The van der Waals surface area contributed by atoms with Crippen molar-refractivity contribution in [2.45, 2.75) is 26.4 Å². The van der Waals surface area contributed by atoms with E-state index in [0.717, 1.165) is 18.2 Å². The van der Waals surface area contributed by atoms with Crippen LogP contribution in [0.5, 0.6) is 5.75 Å². The van der Waals surface area contributed by atoms with E-state index in [4.69, 9.17) is 4.74 Å². The van der Waals surface area contributed by atoms with Gasteiger partial charge in [0.05, 0.1) is 6.10 Å². The van der Waals surface area contributed by atoms with Gasteiger partial charge in [-0.1, -0.05) is 12.1 Å². The van der Waals surface area contributed by atoms with Crippen molar-refractivity contribution in [2.24, 2.45) is 0 Å². The molecule has 0 aromatic heterocycles. The van der Waals surface area contributed by atoms with E-state index in [9.17, 15) is 13.6 Å². The summed E-state index contributed by atoms with van der Waals surface area (Å²) >= 11 is 0. The van der Waals surface area contributed by atoms with Crippen LogP contribution in [0.4, 0.5) is 8.78 Å². The van der Waals surface area contributed by atoms with Crippen molar-refractivity contribution in [1.82, 2.24) is 0 Å². The molecule has 0 aliphatic rings. The van der Waals surface area contributed by atoms with E-state index >= 15 is 0 Å². The van der Waals surface area contributed by atoms with Crippen LogP contribution in [0, 0.1) is 11.6 Å². The van der Waals surface area contributed by atoms with Crippen molar-refractivity contribution < 1.29 is 18.3 Å². The van der Waals surface area contributed by atoms with Crippen LogP contribution in [0.2, 0.25) is 0 Å². The highest BCUT2D eigenvalue weighted by Gasteiger charge is 2.10. The molecule has 2 aromatic carbocycles.